The quantitative estimate of drug-likeness (QED) is 0.767. The maximum Gasteiger partial charge on any atom is 0.113 e. The molecule has 1 N–H and O–H groups in total. The van der Waals surface area contributed by atoms with Crippen molar-refractivity contribution in [1.29, 1.82) is 0 Å². The molecule has 0 radical (unpaired) electrons. The smallest absolute Gasteiger partial charge is 0.113 e. The highest BCUT2D eigenvalue weighted by Gasteiger charge is 2.25. The van der Waals surface area contributed by atoms with Crippen LogP contribution >= 0.6 is 0 Å². The molecule has 1 aromatic rings. The Morgan fingerprint density at radius 3 is 2.38 bits per heavy atom. The van der Waals surface area contributed by atoms with Crippen LogP contribution < -0.4 is 0 Å². The van der Waals surface area contributed by atoms with E-state index in [0.717, 1.165) is 5.56 Å². The van der Waals surface area contributed by atoms with Crippen molar-refractivity contribution in [3.8, 4) is 0 Å². The van der Waals surface area contributed by atoms with Crippen molar-refractivity contribution < 1.29 is 9.84 Å². The third-order valence-electron chi connectivity index (χ3n) is 2.15. The van der Waals surface area contributed by atoms with Gasteiger partial charge in [-0.2, -0.15) is 0 Å². The van der Waals surface area contributed by atoms with Crippen molar-refractivity contribution in [1.82, 2.24) is 0 Å². The monoisotopic (exact) mass is 180 g/mol. The number of ether oxygens (including phenoxy) is 1. The molecule has 0 aromatic heterocycles. The largest absolute Gasteiger partial charge is 0.393 e. The summed E-state index contributed by atoms with van der Waals surface area (Å²) in [4.78, 5) is 0. The molecule has 1 atom stereocenters. The van der Waals surface area contributed by atoms with Gasteiger partial charge in [-0.25, -0.2) is 0 Å². The molecular weight excluding hydrogens is 164 g/mol. The van der Waals surface area contributed by atoms with Crippen LogP contribution in [0, 0.1) is 0 Å². The Labute approximate surface area is 79.2 Å². The number of aliphatic hydroxyl groups is 1. The standard InChI is InChI=1S/C11H16O2/c1-3-13-11(2,9-12)10-7-5-4-6-8-10/h4-8,12H,3,9H2,1-2H3. The number of hydrogen-bond acceptors (Lipinski definition) is 2. The van der Waals surface area contributed by atoms with Gasteiger partial charge in [-0.05, 0) is 19.4 Å². The third kappa shape index (κ3) is 2.29. The maximum absolute atomic E-state index is 9.24. The van der Waals surface area contributed by atoms with Crippen LogP contribution in [0.2, 0.25) is 0 Å². The Bertz CT molecular complexity index is 246. The predicted octanol–water partition coefficient (Wildman–Crippen LogP) is 1.93. The Balaban J connectivity index is 2.89. The average Bonchev–Trinajstić information content (AvgIpc) is 2.19. The lowest BCUT2D eigenvalue weighted by Gasteiger charge is -2.27. The zero-order valence-corrected chi connectivity index (χ0v) is 8.16. The van der Waals surface area contributed by atoms with Crippen LogP contribution in [0.5, 0.6) is 0 Å². The molecule has 1 rings (SSSR count). The van der Waals surface area contributed by atoms with E-state index in [-0.39, 0.29) is 6.61 Å². The van der Waals surface area contributed by atoms with E-state index in [9.17, 15) is 5.11 Å². The molecule has 0 amide bonds. The molecular formula is C11H16O2. The zero-order chi connectivity index (χ0) is 9.73. The normalized spacial score (nSPS) is 15.3. The maximum atomic E-state index is 9.24. The summed E-state index contributed by atoms with van der Waals surface area (Å²) >= 11 is 0. The van der Waals surface area contributed by atoms with Gasteiger partial charge < -0.3 is 9.84 Å². The molecule has 2 nitrogen and oxygen atoms in total. The summed E-state index contributed by atoms with van der Waals surface area (Å²) in [5.41, 5.74) is 0.454. The predicted molar refractivity (Wildman–Crippen MR) is 52.5 cm³/mol. The second kappa shape index (κ2) is 4.40. The first-order valence-electron chi connectivity index (χ1n) is 4.53. The van der Waals surface area contributed by atoms with E-state index in [2.05, 4.69) is 0 Å². The molecule has 0 bridgehead atoms. The summed E-state index contributed by atoms with van der Waals surface area (Å²) in [7, 11) is 0. The van der Waals surface area contributed by atoms with Gasteiger partial charge in [0.2, 0.25) is 0 Å². The molecule has 0 aliphatic carbocycles. The molecule has 2 heteroatoms. The fraction of sp³-hybridized carbons (Fsp3) is 0.455. The first-order chi connectivity index (χ1) is 6.23. The summed E-state index contributed by atoms with van der Waals surface area (Å²) < 4.78 is 5.51. The topological polar surface area (TPSA) is 29.5 Å². The van der Waals surface area contributed by atoms with Crippen LogP contribution in [-0.2, 0) is 10.3 Å². The van der Waals surface area contributed by atoms with Gasteiger partial charge in [0.1, 0.15) is 5.60 Å². The highest BCUT2D eigenvalue weighted by molar-refractivity contribution is 5.21. The SMILES string of the molecule is CCOC(C)(CO)c1ccccc1. The van der Waals surface area contributed by atoms with Crippen LogP contribution in [0.25, 0.3) is 0 Å². The summed E-state index contributed by atoms with van der Waals surface area (Å²) in [6, 6.07) is 9.77. The van der Waals surface area contributed by atoms with Crippen LogP contribution in [0.1, 0.15) is 19.4 Å². The highest BCUT2D eigenvalue weighted by Crippen LogP contribution is 2.23. The average molecular weight is 180 g/mol. The number of hydrogen-bond donors (Lipinski definition) is 1. The van der Waals surface area contributed by atoms with Crippen molar-refractivity contribution in [2.24, 2.45) is 0 Å². The van der Waals surface area contributed by atoms with Crippen molar-refractivity contribution >= 4 is 0 Å². The second-order valence-corrected chi connectivity index (χ2v) is 3.19. The first kappa shape index (κ1) is 10.2. The Kier molecular flexibility index (Phi) is 3.46. The Morgan fingerprint density at radius 2 is 1.92 bits per heavy atom. The third-order valence-corrected chi connectivity index (χ3v) is 2.15. The Hall–Kier alpha value is -0.860. The van der Waals surface area contributed by atoms with Crippen LogP contribution in [-0.4, -0.2) is 18.3 Å². The fourth-order valence-corrected chi connectivity index (χ4v) is 1.33. The zero-order valence-electron chi connectivity index (χ0n) is 8.16. The van der Waals surface area contributed by atoms with Crippen molar-refractivity contribution in [3.05, 3.63) is 35.9 Å². The number of benzene rings is 1. The van der Waals surface area contributed by atoms with E-state index in [1.807, 2.05) is 44.2 Å². The van der Waals surface area contributed by atoms with E-state index >= 15 is 0 Å². The van der Waals surface area contributed by atoms with E-state index in [1.54, 1.807) is 0 Å². The van der Waals surface area contributed by atoms with E-state index in [0.29, 0.717) is 6.61 Å². The summed E-state index contributed by atoms with van der Waals surface area (Å²) in [5, 5.41) is 9.24. The van der Waals surface area contributed by atoms with Gasteiger partial charge in [-0.15, -0.1) is 0 Å². The molecule has 0 saturated heterocycles. The minimum Gasteiger partial charge on any atom is -0.393 e. The van der Waals surface area contributed by atoms with Crippen LogP contribution in [0.15, 0.2) is 30.3 Å². The molecule has 72 valence electrons. The van der Waals surface area contributed by atoms with E-state index in [4.69, 9.17) is 4.74 Å². The number of rotatable bonds is 4. The summed E-state index contributed by atoms with van der Waals surface area (Å²) in [6.07, 6.45) is 0. The molecule has 0 fully saturated rings. The van der Waals surface area contributed by atoms with Crippen LogP contribution in [0.3, 0.4) is 0 Å². The van der Waals surface area contributed by atoms with Gasteiger partial charge in [-0.1, -0.05) is 30.3 Å². The lowest BCUT2D eigenvalue weighted by atomic mass is 9.97. The molecule has 0 spiro atoms. The van der Waals surface area contributed by atoms with Gasteiger partial charge in [0.05, 0.1) is 6.61 Å². The second-order valence-electron chi connectivity index (χ2n) is 3.19. The summed E-state index contributed by atoms with van der Waals surface area (Å²) in [5.74, 6) is 0. The van der Waals surface area contributed by atoms with E-state index < -0.39 is 5.60 Å². The molecule has 0 heterocycles. The van der Waals surface area contributed by atoms with Gasteiger partial charge in [-0.3, -0.25) is 0 Å². The molecule has 1 aromatic carbocycles. The van der Waals surface area contributed by atoms with Gasteiger partial charge in [0.15, 0.2) is 0 Å². The molecule has 0 saturated carbocycles. The Morgan fingerprint density at radius 1 is 1.31 bits per heavy atom. The van der Waals surface area contributed by atoms with Crippen molar-refractivity contribution in [2.75, 3.05) is 13.2 Å². The lowest BCUT2D eigenvalue weighted by Crippen LogP contribution is -2.30. The molecule has 13 heavy (non-hydrogen) atoms. The molecule has 0 aliphatic heterocycles. The fourth-order valence-electron chi connectivity index (χ4n) is 1.33. The molecule has 0 aliphatic rings. The summed E-state index contributed by atoms with van der Waals surface area (Å²) in [6.45, 7) is 4.43. The highest BCUT2D eigenvalue weighted by atomic mass is 16.5. The first-order valence-corrected chi connectivity index (χ1v) is 4.53. The van der Waals surface area contributed by atoms with Gasteiger partial charge in [0.25, 0.3) is 0 Å². The van der Waals surface area contributed by atoms with Crippen molar-refractivity contribution in [2.45, 2.75) is 19.4 Å². The van der Waals surface area contributed by atoms with Gasteiger partial charge in [0, 0.05) is 6.61 Å². The van der Waals surface area contributed by atoms with Crippen LogP contribution in [0.4, 0.5) is 0 Å². The number of aliphatic hydroxyl groups excluding tert-OH is 1. The minimum absolute atomic E-state index is 0.00481. The molecule has 1 unspecified atom stereocenters. The van der Waals surface area contributed by atoms with Crippen molar-refractivity contribution in [3.63, 3.8) is 0 Å². The van der Waals surface area contributed by atoms with Gasteiger partial charge >= 0.3 is 0 Å². The minimum atomic E-state index is -0.560. The lowest BCUT2D eigenvalue weighted by molar-refractivity contribution is -0.0665. The van der Waals surface area contributed by atoms with E-state index in [1.165, 1.54) is 0 Å².